The van der Waals surface area contributed by atoms with Crippen LogP contribution < -0.4 is 5.73 Å². The van der Waals surface area contributed by atoms with Crippen LogP contribution in [0.3, 0.4) is 0 Å². The molecule has 2 atom stereocenters. The van der Waals surface area contributed by atoms with Crippen LogP contribution in [0.25, 0.3) is 0 Å². The van der Waals surface area contributed by atoms with Gasteiger partial charge in [-0.1, -0.05) is 30.3 Å². The molecule has 0 aromatic heterocycles. The summed E-state index contributed by atoms with van der Waals surface area (Å²) in [4.78, 5) is 12.8. The van der Waals surface area contributed by atoms with E-state index in [2.05, 4.69) is 0 Å². The highest BCUT2D eigenvalue weighted by Gasteiger charge is 2.30. The molecule has 0 spiro atoms. The Kier molecular flexibility index (Phi) is 3.64. The number of carbonyl (C=O) groups is 1. The topological polar surface area (TPSA) is 66.6 Å². The van der Waals surface area contributed by atoms with Crippen LogP contribution in [0.4, 0.5) is 4.79 Å². The highest BCUT2D eigenvalue weighted by Crippen LogP contribution is 2.24. The third-order valence-corrected chi connectivity index (χ3v) is 3.33. The predicted octanol–water partition coefficient (Wildman–Crippen LogP) is 2.05. The van der Waals surface area contributed by atoms with Crippen LogP contribution in [-0.2, 0) is 6.54 Å². The molecule has 3 N–H and O–H groups in total. The van der Waals surface area contributed by atoms with Crippen LogP contribution in [0.1, 0.15) is 24.8 Å². The largest absolute Gasteiger partial charge is 0.465 e. The fraction of sp³-hybridized carbons (Fsp3) is 0.462. The lowest BCUT2D eigenvalue weighted by atomic mass is 10.1. The lowest BCUT2D eigenvalue weighted by molar-refractivity contribution is 0.121. The zero-order chi connectivity index (χ0) is 12.3. The van der Waals surface area contributed by atoms with Crippen LogP contribution >= 0.6 is 0 Å². The standard InChI is InChI=1S/C13H18N2O2/c14-11-6-7-12(8-11)15(13(16)17)9-10-4-2-1-3-5-10/h1-5,11-12H,6-9,14H2,(H,16,17)/t11-,12+/m1/s1. The van der Waals surface area contributed by atoms with Crippen LogP contribution in [0, 0.1) is 0 Å². The van der Waals surface area contributed by atoms with E-state index >= 15 is 0 Å². The maximum absolute atomic E-state index is 11.3. The zero-order valence-corrected chi connectivity index (χ0v) is 9.75. The van der Waals surface area contributed by atoms with Gasteiger partial charge in [-0.05, 0) is 24.8 Å². The normalized spacial score (nSPS) is 23.6. The quantitative estimate of drug-likeness (QED) is 0.841. The van der Waals surface area contributed by atoms with E-state index in [4.69, 9.17) is 5.73 Å². The van der Waals surface area contributed by atoms with Crippen molar-refractivity contribution in [1.29, 1.82) is 0 Å². The molecule has 0 saturated heterocycles. The molecule has 1 fully saturated rings. The van der Waals surface area contributed by atoms with Gasteiger partial charge in [0.1, 0.15) is 0 Å². The molecule has 0 heterocycles. The van der Waals surface area contributed by atoms with Gasteiger partial charge in [-0.3, -0.25) is 0 Å². The van der Waals surface area contributed by atoms with Crippen molar-refractivity contribution in [1.82, 2.24) is 4.90 Å². The minimum Gasteiger partial charge on any atom is -0.465 e. The van der Waals surface area contributed by atoms with Crippen LogP contribution in [-0.4, -0.2) is 28.2 Å². The first-order chi connectivity index (χ1) is 8.16. The number of hydrogen-bond acceptors (Lipinski definition) is 2. The maximum Gasteiger partial charge on any atom is 0.407 e. The molecule has 4 nitrogen and oxygen atoms in total. The Hall–Kier alpha value is -1.55. The van der Waals surface area contributed by atoms with Gasteiger partial charge in [0, 0.05) is 18.6 Å². The van der Waals surface area contributed by atoms with E-state index in [1.54, 1.807) is 0 Å². The molecule has 1 amide bonds. The van der Waals surface area contributed by atoms with Gasteiger partial charge in [0.05, 0.1) is 0 Å². The smallest absolute Gasteiger partial charge is 0.407 e. The second kappa shape index (κ2) is 5.19. The van der Waals surface area contributed by atoms with E-state index in [1.165, 1.54) is 4.90 Å². The van der Waals surface area contributed by atoms with Gasteiger partial charge in [-0.25, -0.2) is 4.79 Å². The molecule has 17 heavy (non-hydrogen) atoms. The molecule has 1 aromatic rings. The number of hydrogen-bond donors (Lipinski definition) is 2. The number of benzene rings is 1. The zero-order valence-electron chi connectivity index (χ0n) is 9.75. The fourth-order valence-corrected chi connectivity index (χ4v) is 2.41. The lowest BCUT2D eigenvalue weighted by Gasteiger charge is -2.26. The average Bonchev–Trinajstić information content (AvgIpc) is 2.73. The van der Waals surface area contributed by atoms with E-state index in [-0.39, 0.29) is 12.1 Å². The van der Waals surface area contributed by atoms with Crippen molar-refractivity contribution in [3.8, 4) is 0 Å². The van der Waals surface area contributed by atoms with Crippen molar-refractivity contribution in [2.75, 3.05) is 0 Å². The summed E-state index contributed by atoms with van der Waals surface area (Å²) in [5, 5.41) is 9.27. The first kappa shape index (κ1) is 11.9. The van der Waals surface area contributed by atoms with Gasteiger partial charge >= 0.3 is 6.09 Å². The molecule has 2 rings (SSSR count). The summed E-state index contributed by atoms with van der Waals surface area (Å²) in [6.45, 7) is 0.452. The molecule has 1 aromatic carbocycles. The van der Waals surface area contributed by atoms with E-state index in [0.717, 1.165) is 24.8 Å². The minimum absolute atomic E-state index is 0.0720. The Morgan fingerprint density at radius 2 is 2.06 bits per heavy atom. The maximum atomic E-state index is 11.3. The summed E-state index contributed by atoms with van der Waals surface area (Å²) in [5.74, 6) is 0. The molecule has 0 unspecified atom stereocenters. The van der Waals surface area contributed by atoms with Crippen molar-refractivity contribution >= 4 is 6.09 Å². The summed E-state index contributed by atoms with van der Waals surface area (Å²) in [5.41, 5.74) is 6.86. The Morgan fingerprint density at radius 3 is 2.59 bits per heavy atom. The SMILES string of the molecule is N[C@@H]1CC[C@H](N(Cc2ccccc2)C(=O)O)C1. The van der Waals surface area contributed by atoms with Crippen molar-refractivity contribution in [3.63, 3.8) is 0 Å². The molecule has 1 aliphatic carbocycles. The fourth-order valence-electron chi connectivity index (χ4n) is 2.41. The Labute approximate surface area is 101 Å². The third kappa shape index (κ3) is 2.97. The van der Waals surface area contributed by atoms with E-state index in [0.29, 0.717) is 6.54 Å². The molecule has 92 valence electrons. The van der Waals surface area contributed by atoms with Crippen LogP contribution in [0.2, 0.25) is 0 Å². The van der Waals surface area contributed by atoms with Crippen molar-refractivity contribution in [2.24, 2.45) is 5.73 Å². The van der Waals surface area contributed by atoms with Crippen LogP contribution in [0.5, 0.6) is 0 Å². The van der Waals surface area contributed by atoms with Gasteiger partial charge < -0.3 is 15.7 Å². The molecule has 0 radical (unpaired) electrons. The highest BCUT2D eigenvalue weighted by atomic mass is 16.4. The number of amides is 1. The molecule has 1 saturated carbocycles. The van der Waals surface area contributed by atoms with Crippen molar-refractivity contribution in [2.45, 2.75) is 37.9 Å². The van der Waals surface area contributed by atoms with Crippen molar-refractivity contribution < 1.29 is 9.90 Å². The van der Waals surface area contributed by atoms with E-state index in [1.807, 2.05) is 30.3 Å². The number of rotatable bonds is 3. The Bertz CT molecular complexity index is 380. The second-order valence-electron chi connectivity index (χ2n) is 4.62. The summed E-state index contributed by atoms with van der Waals surface area (Å²) in [6.07, 6.45) is 1.72. The highest BCUT2D eigenvalue weighted by molar-refractivity contribution is 5.65. The Balaban J connectivity index is 2.05. The molecular formula is C13H18N2O2. The van der Waals surface area contributed by atoms with Gasteiger partial charge in [0.2, 0.25) is 0 Å². The molecule has 0 aliphatic heterocycles. The van der Waals surface area contributed by atoms with E-state index < -0.39 is 6.09 Å². The molecule has 4 heteroatoms. The number of nitrogens with zero attached hydrogens (tertiary/aromatic N) is 1. The number of carboxylic acid groups (broad SMARTS) is 1. The van der Waals surface area contributed by atoms with E-state index in [9.17, 15) is 9.90 Å². The minimum atomic E-state index is -0.854. The van der Waals surface area contributed by atoms with Gasteiger partial charge in [-0.15, -0.1) is 0 Å². The first-order valence-corrected chi connectivity index (χ1v) is 5.96. The second-order valence-corrected chi connectivity index (χ2v) is 4.62. The monoisotopic (exact) mass is 234 g/mol. The summed E-state index contributed by atoms with van der Waals surface area (Å²) in [7, 11) is 0. The number of nitrogens with two attached hydrogens (primary N) is 1. The molecule has 1 aliphatic rings. The molecular weight excluding hydrogens is 216 g/mol. The average molecular weight is 234 g/mol. The predicted molar refractivity (Wildman–Crippen MR) is 65.6 cm³/mol. The molecule has 0 bridgehead atoms. The van der Waals surface area contributed by atoms with Gasteiger partial charge in [0.25, 0.3) is 0 Å². The van der Waals surface area contributed by atoms with Gasteiger partial charge in [-0.2, -0.15) is 0 Å². The lowest BCUT2D eigenvalue weighted by Crippen LogP contribution is -2.38. The summed E-state index contributed by atoms with van der Waals surface area (Å²) < 4.78 is 0. The van der Waals surface area contributed by atoms with Crippen LogP contribution in [0.15, 0.2) is 30.3 Å². The first-order valence-electron chi connectivity index (χ1n) is 5.96. The summed E-state index contributed by atoms with van der Waals surface area (Å²) in [6, 6.07) is 9.90. The third-order valence-electron chi connectivity index (χ3n) is 3.33. The Morgan fingerprint density at radius 1 is 1.35 bits per heavy atom. The summed E-state index contributed by atoms with van der Waals surface area (Å²) >= 11 is 0. The van der Waals surface area contributed by atoms with Gasteiger partial charge in [0.15, 0.2) is 0 Å². The van der Waals surface area contributed by atoms with Crippen molar-refractivity contribution in [3.05, 3.63) is 35.9 Å².